The van der Waals surface area contributed by atoms with Crippen LogP contribution >= 0.6 is 7.37 Å². The van der Waals surface area contributed by atoms with Gasteiger partial charge in [0, 0.05) is 12.0 Å². The molecule has 1 rings (SSSR count). The first-order valence-corrected chi connectivity index (χ1v) is 7.54. The first-order valence-electron chi connectivity index (χ1n) is 5.47. The molecule has 0 aliphatic carbocycles. The highest BCUT2D eigenvalue weighted by atomic mass is 31.2. The second kappa shape index (κ2) is 6.07. The normalized spacial score (nSPS) is 14.4. The van der Waals surface area contributed by atoms with E-state index in [-0.39, 0.29) is 0 Å². The van der Waals surface area contributed by atoms with Crippen molar-refractivity contribution in [3.8, 4) is 5.75 Å². The molecular formula is C12H19O3P. The van der Waals surface area contributed by atoms with Gasteiger partial charge in [0.25, 0.3) is 0 Å². The van der Waals surface area contributed by atoms with Gasteiger partial charge in [-0.15, -0.1) is 0 Å². The lowest BCUT2D eigenvalue weighted by molar-refractivity contribution is 0.316. The fraction of sp³-hybridized carbons (Fsp3) is 0.500. The van der Waals surface area contributed by atoms with Gasteiger partial charge in [-0.05, 0) is 30.7 Å². The van der Waals surface area contributed by atoms with Gasteiger partial charge in [-0.1, -0.05) is 13.3 Å². The van der Waals surface area contributed by atoms with Crippen LogP contribution in [0.5, 0.6) is 5.75 Å². The Balaban J connectivity index is 2.69. The van der Waals surface area contributed by atoms with E-state index in [0.717, 1.165) is 23.9 Å². The van der Waals surface area contributed by atoms with E-state index in [9.17, 15) is 4.57 Å². The lowest BCUT2D eigenvalue weighted by Crippen LogP contribution is -2.07. The van der Waals surface area contributed by atoms with Crippen molar-refractivity contribution in [3.63, 3.8) is 0 Å². The zero-order valence-electron chi connectivity index (χ0n) is 10.1. The standard InChI is InChI=1S/C12H19O3P/c1-4-5-10-15-16(3,13)12-8-6-11(14-2)7-9-12/h6-9H,4-5,10H2,1-3H3. The Bertz CT molecular complexity index is 359. The second-order valence-electron chi connectivity index (χ2n) is 3.73. The Hall–Kier alpha value is -0.790. The van der Waals surface area contributed by atoms with Crippen molar-refractivity contribution in [1.29, 1.82) is 0 Å². The van der Waals surface area contributed by atoms with Gasteiger partial charge < -0.3 is 9.26 Å². The molecule has 1 aromatic carbocycles. The average molecular weight is 242 g/mol. The van der Waals surface area contributed by atoms with Crippen LogP contribution in [0.2, 0.25) is 0 Å². The number of unbranched alkanes of at least 4 members (excludes halogenated alkanes) is 1. The third kappa shape index (κ3) is 3.66. The molecule has 0 amide bonds. The third-order valence-corrected chi connectivity index (χ3v) is 4.29. The number of ether oxygens (including phenoxy) is 1. The van der Waals surface area contributed by atoms with Crippen LogP contribution in [0.1, 0.15) is 19.8 Å². The van der Waals surface area contributed by atoms with E-state index < -0.39 is 7.37 Å². The summed E-state index contributed by atoms with van der Waals surface area (Å²) in [6.45, 7) is 4.29. The lowest BCUT2D eigenvalue weighted by atomic mass is 10.3. The van der Waals surface area contributed by atoms with E-state index in [1.165, 1.54) is 0 Å². The highest BCUT2D eigenvalue weighted by molar-refractivity contribution is 7.66. The summed E-state index contributed by atoms with van der Waals surface area (Å²) in [6.07, 6.45) is 1.98. The van der Waals surface area contributed by atoms with Gasteiger partial charge in [0.2, 0.25) is 7.37 Å². The fourth-order valence-corrected chi connectivity index (χ4v) is 2.63. The maximum absolute atomic E-state index is 12.2. The van der Waals surface area contributed by atoms with Crippen LogP contribution in [0.3, 0.4) is 0 Å². The summed E-state index contributed by atoms with van der Waals surface area (Å²) in [4.78, 5) is 0. The number of benzene rings is 1. The van der Waals surface area contributed by atoms with E-state index in [0.29, 0.717) is 6.61 Å². The minimum atomic E-state index is -2.66. The monoisotopic (exact) mass is 242 g/mol. The molecule has 0 aliphatic heterocycles. The summed E-state index contributed by atoms with van der Waals surface area (Å²) in [5, 5.41) is 0.740. The molecule has 0 heterocycles. The molecule has 0 saturated carbocycles. The third-order valence-electron chi connectivity index (χ3n) is 2.38. The Labute approximate surface area is 97.2 Å². The van der Waals surface area contributed by atoms with Crippen molar-refractivity contribution < 1.29 is 13.8 Å². The van der Waals surface area contributed by atoms with Crippen molar-refractivity contribution in [1.82, 2.24) is 0 Å². The fourth-order valence-electron chi connectivity index (χ4n) is 1.31. The first kappa shape index (κ1) is 13.3. The lowest BCUT2D eigenvalue weighted by Gasteiger charge is -2.14. The molecule has 4 heteroatoms. The van der Waals surface area contributed by atoms with Crippen molar-refractivity contribution in [2.24, 2.45) is 0 Å². The number of hydrogen-bond acceptors (Lipinski definition) is 3. The van der Waals surface area contributed by atoms with E-state index in [2.05, 4.69) is 6.92 Å². The molecule has 1 atom stereocenters. The van der Waals surface area contributed by atoms with E-state index in [1.54, 1.807) is 38.0 Å². The van der Waals surface area contributed by atoms with Crippen molar-refractivity contribution in [2.45, 2.75) is 19.8 Å². The Morgan fingerprint density at radius 2 is 1.88 bits per heavy atom. The molecule has 0 aromatic heterocycles. The van der Waals surface area contributed by atoms with E-state index in [4.69, 9.17) is 9.26 Å². The Morgan fingerprint density at radius 3 is 2.38 bits per heavy atom. The highest BCUT2D eigenvalue weighted by Crippen LogP contribution is 2.41. The molecule has 1 aromatic rings. The van der Waals surface area contributed by atoms with Crippen molar-refractivity contribution >= 4 is 12.7 Å². The summed E-state index contributed by atoms with van der Waals surface area (Å²) in [7, 11) is -1.05. The zero-order valence-corrected chi connectivity index (χ0v) is 11.0. The molecule has 0 saturated heterocycles. The molecule has 3 nitrogen and oxygen atoms in total. The topological polar surface area (TPSA) is 35.5 Å². The maximum atomic E-state index is 12.2. The van der Waals surface area contributed by atoms with Gasteiger partial charge in [-0.25, -0.2) is 0 Å². The predicted octanol–water partition coefficient (Wildman–Crippen LogP) is 3.05. The Morgan fingerprint density at radius 1 is 1.25 bits per heavy atom. The van der Waals surface area contributed by atoms with Gasteiger partial charge in [-0.2, -0.15) is 0 Å². The number of rotatable bonds is 6. The minimum absolute atomic E-state index is 0.552. The van der Waals surface area contributed by atoms with Crippen molar-refractivity contribution in [2.75, 3.05) is 20.4 Å². The predicted molar refractivity (Wildman–Crippen MR) is 67.0 cm³/mol. The summed E-state index contributed by atoms with van der Waals surface area (Å²) in [6, 6.07) is 7.19. The maximum Gasteiger partial charge on any atom is 0.229 e. The summed E-state index contributed by atoms with van der Waals surface area (Å²) < 4.78 is 22.7. The molecule has 0 fully saturated rings. The second-order valence-corrected chi connectivity index (χ2v) is 6.20. The summed E-state index contributed by atoms with van der Waals surface area (Å²) in [5.74, 6) is 0.761. The highest BCUT2D eigenvalue weighted by Gasteiger charge is 2.18. The number of hydrogen-bond donors (Lipinski definition) is 0. The van der Waals surface area contributed by atoms with Crippen LogP contribution in [0, 0.1) is 0 Å². The zero-order chi connectivity index (χ0) is 12.0. The summed E-state index contributed by atoms with van der Waals surface area (Å²) >= 11 is 0. The van der Waals surface area contributed by atoms with Crippen LogP contribution in [0.25, 0.3) is 0 Å². The SMILES string of the molecule is CCCCOP(C)(=O)c1ccc(OC)cc1. The molecule has 0 N–H and O–H groups in total. The van der Waals surface area contributed by atoms with Crippen LogP contribution in [-0.2, 0) is 9.09 Å². The van der Waals surface area contributed by atoms with Crippen LogP contribution in [0.15, 0.2) is 24.3 Å². The van der Waals surface area contributed by atoms with Gasteiger partial charge >= 0.3 is 0 Å². The molecule has 90 valence electrons. The Kier molecular flexibility index (Phi) is 5.04. The smallest absolute Gasteiger partial charge is 0.229 e. The molecular weight excluding hydrogens is 223 g/mol. The van der Waals surface area contributed by atoms with Crippen LogP contribution < -0.4 is 10.0 Å². The van der Waals surface area contributed by atoms with Gasteiger partial charge in [0.1, 0.15) is 5.75 Å². The summed E-state index contributed by atoms with van der Waals surface area (Å²) in [5.41, 5.74) is 0. The van der Waals surface area contributed by atoms with E-state index >= 15 is 0 Å². The molecule has 0 spiro atoms. The van der Waals surface area contributed by atoms with Gasteiger partial charge in [0.15, 0.2) is 0 Å². The quantitative estimate of drug-likeness (QED) is 0.568. The minimum Gasteiger partial charge on any atom is -0.497 e. The molecule has 0 bridgehead atoms. The largest absolute Gasteiger partial charge is 0.497 e. The molecule has 0 radical (unpaired) electrons. The van der Waals surface area contributed by atoms with Gasteiger partial charge in [-0.3, -0.25) is 4.57 Å². The van der Waals surface area contributed by atoms with Gasteiger partial charge in [0.05, 0.1) is 13.7 Å². The van der Waals surface area contributed by atoms with E-state index in [1.807, 2.05) is 0 Å². The van der Waals surface area contributed by atoms with Crippen molar-refractivity contribution in [3.05, 3.63) is 24.3 Å². The molecule has 16 heavy (non-hydrogen) atoms. The number of methoxy groups -OCH3 is 1. The molecule has 1 unspecified atom stereocenters. The first-order chi connectivity index (χ1) is 7.60. The van der Waals surface area contributed by atoms with Crippen LogP contribution in [0.4, 0.5) is 0 Å². The molecule has 0 aliphatic rings. The average Bonchev–Trinajstić information content (AvgIpc) is 2.29. The van der Waals surface area contributed by atoms with Crippen LogP contribution in [-0.4, -0.2) is 20.4 Å².